The maximum Gasteiger partial charge on any atom is 0.239 e. The smallest absolute Gasteiger partial charge is 0.239 e. The second-order valence-corrected chi connectivity index (χ2v) is 9.89. The lowest BCUT2D eigenvalue weighted by Gasteiger charge is -2.55. The predicted molar refractivity (Wildman–Crippen MR) is 102 cm³/mol. The van der Waals surface area contributed by atoms with Crippen LogP contribution in [0.25, 0.3) is 0 Å². The summed E-state index contributed by atoms with van der Waals surface area (Å²) in [4.78, 5) is 25.4. The monoisotopic (exact) mass is 360 g/mol. The molecule has 5 rings (SSSR count). The van der Waals surface area contributed by atoms with Gasteiger partial charge < -0.3 is 10.6 Å². The van der Waals surface area contributed by atoms with Crippen LogP contribution >= 0.6 is 0 Å². The Hall–Kier alpha value is -1.06. The molecule has 26 heavy (non-hydrogen) atoms. The average Bonchev–Trinajstić information content (AvgIpc) is 3.03. The minimum absolute atomic E-state index is 0.0106. The van der Waals surface area contributed by atoms with Gasteiger partial charge in [0.15, 0.2) is 0 Å². The minimum atomic E-state index is -0.147. The molecule has 5 aliphatic carbocycles. The van der Waals surface area contributed by atoms with Crippen LogP contribution in [0.4, 0.5) is 0 Å². The van der Waals surface area contributed by atoms with Crippen molar-refractivity contribution < 1.29 is 9.59 Å². The van der Waals surface area contributed by atoms with E-state index in [0.29, 0.717) is 12.0 Å². The molecule has 0 spiro atoms. The summed E-state index contributed by atoms with van der Waals surface area (Å²) < 4.78 is 0. The Morgan fingerprint density at radius 3 is 2.27 bits per heavy atom. The second-order valence-electron chi connectivity index (χ2n) is 9.89. The zero-order valence-corrected chi connectivity index (χ0v) is 16.4. The van der Waals surface area contributed by atoms with Crippen molar-refractivity contribution in [2.24, 2.45) is 29.1 Å². The zero-order valence-electron chi connectivity index (χ0n) is 16.4. The summed E-state index contributed by atoms with van der Waals surface area (Å²) in [5.74, 6) is 3.10. The highest BCUT2D eigenvalue weighted by Gasteiger charge is 2.54. The third-order valence-electron chi connectivity index (χ3n) is 7.86. The molecule has 2 N–H and O–H groups in total. The van der Waals surface area contributed by atoms with E-state index in [9.17, 15) is 9.59 Å². The van der Waals surface area contributed by atoms with Crippen LogP contribution < -0.4 is 10.6 Å². The van der Waals surface area contributed by atoms with Crippen molar-refractivity contribution in [1.29, 1.82) is 0 Å². The van der Waals surface area contributed by atoms with Crippen LogP contribution in [-0.4, -0.2) is 24.4 Å². The number of nitrogens with one attached hydrogen (secondary N) is 2. The van der Waals surface area contributed by atoms with Crippen molar-refractivity contribution in [3.8, 4) is 0 Å². The molecule has 4 bridgehead atoms. The number of amides is 2. The Kier molecular flexibility index (Phi) is 5.29. The maximum absolute atomic E-state index is 13.0. The Morgan fingerprint density at radius 2 is 1.65 bits per heavy atom. The molecule has 5 saturated carbocycles. The Morgan fingerprint density at radius 1 is 1.00 bits per heavy atom. The van der Waals surface area contributed by atoms with E-state index in [1.54, 1.807) is 0 Å². The van der Waals surface area contributed by atoms with E-state index in [1.165, 1.54) is 51.4 Å². The first-order valence-corrected chi connectivity index (χ1v) is 11.2. The van der Waals surface area contributed by atoms with Gasteiger partial charge >= 0.3 is 0 Å². The molecule has 0 radical (unpaired) electrons. The molecule has 2 unspecified atom stereocenters. The molecule has 0 aromatic heterocycles. The van der Waals surface area contributed by atoms with E-state index in [0.717, 1.165) is 43.4 Å². The van der Waals surface area contributed by atoms with Crippen molar-refractivity contribution in [2.75, 3.05) is 6.54 Å². The van der Waals surface area contributed by atoms with Gasteiger partial charge in [-0.3, -0.25) is 9.59 Å². The Bertz CT molecular complexity index is 509. The average molecular weight is 361 g/mol. The van der Waals surface area contributed by atoms with Gasteiger partial charge in [0.2, 0.25) is 11.8 Å². The maximum atomic E-state index is 13.0. The number of hydrogen-bond acceptors (Lipinski definition) is 2. The fraction of sp³-hybridized carbons (Fsp3) is 0.909. The molecule has 0 saturated heterocycles. The highest BCUT2D eigenvalue weighted by molar-refractivity contribution is 5.88. The van der Waals surface area contributed by atoms with E-state index >= 15 is 0 Å². The summed E-state index contributed by atoms with van der Waals surface area (Å²) in [6.07, 6.45) is 14.5. The molecule has 5 fully saturated rings. The lowest BCUT2D eigenvalue weighted by molar-refractivity contribution is -0.147. The van der Waals surface area contributed by atoms with E-state index in [1.807, 2.05) is 0 Å². The van der Waals surface area contributed by atoms with Crippen LogP contribution in [0.15, 0.2) is 0 Å². The highest BCUT2D eigenvalue weighted by atomic mass is 16.2. The Labute approximate surface area is 158 Å². The fourth-order valence-electron chi connectivity index (χ4n) is 7.03. The summed E-state index contributed by atoms with van der Waals surface area (Å²) >= 11 is 0. The van der Waals surface area contributed by atoms with Crippen molar-refractivity contribution >= 4 is 11.8 Å². The minimum Gasteiger partial charge on any atom is -0.352 e. The molecule has 2 atom stereocenters. The quantitative estimate of drug-likeness (QED) is 0.725. The molecule has 0 aromatic carbocycles. The fourth-order valence-corrected chi connectivity index (χ4v) is 7.03. The number of carbonyl (C=O) groups excluding carboxylic acids is 2. The molecule has 0 aliphatic heterocycles. The molecule has 5 aliphatic rings. The van der Waals surface area contributed by atoms with Gasteiger partial charge in [-0.25, -0.2) is 0 Å². The van der Waals surface area contributed by atoms with E-state index < -0.39 is 0 Å². The lowest BCUT2D eigenvalue weighted by atomic mass is 9.49. The van der Waals surface area contributed by atoms with Gasteiger partial charge in [-0.05, 0) is 81.5 Å². The zero-order chi connectivity index (χ0) is 18.1. The summed E-state index contributed by atoms with van der Waals surface area (Å²) in [7, 11) is 0. The van der Waals surface area contributed by atoms with Crippen molar-refractivity contribution in [3.05, 3.63) is 0 Å². The van der Waals surface area contributed by atoms with Gasteiger partial charge in [0.1, 0.15) is 0 Å². The third kappa shape index (κ3) is 3.66. The highest BCUT2D eigenvalue weighted by Crippen LogP contribution is 2.60. The van der Waals surface area contributed by atoms with E-state index in [-0.39, 0.29) is 23.8 Å². The molecule has 4 heteroatoms. The van der Waals surface area contributed by atoms with Gasteiger partial charge in [-0.2, -0.15) is 0 Å². The molecule has 0 aromatic rings. The van der Waals surface area contributed by atoms with Crippen LogP contribution in [0.3, 0.4) is 0 Å². The molecule has 2 amide bonds. The topological polar surface area (TPSA) is 58.2 Å². The summed E-state index contributed by atoms with van der Waals surface area (Å²) in [5.41, 5.74) is -0.147. The van der Waals surface area contributed by atoms with Gasteiger partial charge in [0.25, 0.3) is 0 Å². The van der Waals surface area contributed by atoms with Crippen LogP contribution in [0, 0.1) is 29.1 Å². The lowest BCUT2D eigenvalue weighted by Crippen LogP contribution is -2.55. The first-order chi connectivity index (χ1) is 12.6. The van der Waals surface area contributed by atoms with E-state index in [2.05, 4.69) is 17.6 Å². The van der Waals surface area contributed by atoms with E-state index in [4.69, 9.17) is 0 Å². The van der Waals surface area contributed by atoms with Crippen LogP contribution in [0.5, 0.6) is 0 Å². The van der Waals surface area contributed by atoms with Crippen LogP contribution in [0.1, 0.15) is 84.0 Å². The van der Waals surface area contributed by atoms with Crippen LogP contribution in [0.2, 0.25) is 0 Å². The first kappa shape index (κ1) is 18.3. The van der Waals surface area contributed by atoms with Gasteiger partial charge in [0.05, 0.1) is 6.54 Å². The second kappa shape index (κ2) is 7.52. The summed E-state index contributed by atoms with van der Waals surface area (Å²) in [5, 5.41) is 6.23. The molecule has 4 nitrogen and oxygen atoms in total. The third-order valence-corrected chi connectivity index (χ3v) is 7.86. The molecule has 146 valence electrons. The molecular weight excluding hydrogens is 324 g/mol. The predicted octanol–water partition coefficient (Wildman–Crippen LogP) is 3.79. The number of rotatable bonds is 7. The van der Waals surface area contributed by atoms with Crippen LogP contribution in [-0.2, 0) is 9.59 Å². The SMILES string of the molecule is CCCCC1CCCC1NC(=O)CNC(=O)C12CC3CC(CC(C3)C1)C2. The van der Waals surface area contributed by atoms with Crippen molar-refractivity contribution in [2.45, 2.75) is 90.0 Å². The summed E-state index contributed by atoms with van der Waals surface area (Å²) in [6.45, 7) is 2.39. The normalized spacial score (nSPS) is 40.6. The van der Waals surface area contributed by atoms with Gasteiger partial charge in [0, 0.05) is 11.5 Å². The van der Waals surface area contributed by atoms with Crippen molar-refractivity contribution in [1.82, 2.24) is 10.6 Å². The number of unbranched alkanes of at least 4 members (excludes halogenated alkanes) is 1. The van der Waals surface area contributed by atoms with Gasteiger partial charge in [-0.15, -0.1) is 0 Å². The Balaban J connectivity index is 1.26. The van der Waals surface area contributed by atoms with Gasteiger partial charge in [-0.1, -0.05) is 26.2 Å². The number of carbonyl (C=O) groups is 2. The first-order valence-electron chi connectivity index (χ1n) is 11.2. The largest absolute Gasteiger partial charge is 0.352 e. The summed E-state index contributed by atoms with van der Waals surface area (Å²) in [6, 6.07) is 0.325. The standard InChI is InChI=1S/C22H36N2O2/c1-2-3-5-18-6-4-7-19(18)24-20(25)14-23-21(26)22-11-15-8-16(12-22)10-17(9-15)13-22/h15-19H,2-14H2,1H3,(H,23,26)(H,24,25). The molecular formula is C22H36N2O2. The molecule has 0 heterocycles. The number of hydrogen-bond donors (Lipinski definition) is 2. The van der Waals surface area contributed by atoms with Crippen molar-refractivity contribution in [3.63, 3.8) is 0 Å².